The Morgan fingerprint density at radius 1 is 1.10 bits per heavy atom. The maximum Gasteiger partial charge on any atom is 0.309 e. The maximum absolute atomic E-state index is 13.2. The molecule has 0 saturated heterocycles. The summed E-state index contributed by atoms with van der Waals surface area (Å²) in [6, 6.07) is 5.27. The van der Waals surface area contributed by atoms with Crippen LogP contribution in [0.2, 0.25) is 0 Å². The van der Waals surface area contributed by atoms with Gasteiger partial charge in [0.1, 0.15) is 0 Å². The number of unbranched alkanes of at least 4 members (excludes halogenated alkanes) is 1. The Hall–Kier alpha value is -1.76. The third kappa shape index (κ3) is 7.53. The lowest BCUT2D eigenvalue weighted by molar-refractivity contribution is -0.138. The molecule has 0 radical (unpaired) electrons. The van der Waals surface area contributed by atoms with Crippen LogP contribution in [0, 0.1) is 5.92 Å². The molecule has 1 aromatic rings. The average molecular weight is 428 g/mol. The average Bonchev–Trinajstić information content (AvgIpc) is 2.71. The zero-order chi connectivity index (χ0) is 22.0. The van der Waals surface area contributed by atoms with Gasteiger partial charge in [-0.05, 0) is 50.8 Å². The second-order valence-electron chi connectivity index (χ2n) is 7.39. The molecule has 7 heteroatoms. The predicted octanol–water partition coefficient (Wildman–Crippen LogP) is 4.77. The number of hydrogen-bond acceptors (Lipinski definition) is 5. The molecule has 166 valence electrons. The van der Waals surface area contributed by atoms with Crippen LogP contribution in [0.1, 0.15) is 72.3 Å². The number of carbonyl (C=O) groups excluding carboxylic acids is 1. The van der Waals surface area contributed by atoms with E-state index >= 15 is 0 Å². The molecule has 0 heterocycles. The minimum atomic E-state index is -3.68. The summed E-state index contributed by atoms with van der Waals surface area (Å²) in [6.45, 7) is 10.2. The van der Waals surface area contributed by atoms with E-state index in [-0.39, 0.29) is 29.4 Å². The van der Waals surface area contributed by atoms with Crippen LogP contribution in [0.25, 0.3) is 0 Å². The molecule has 0 aliphatic rings. The number of rotatable bonds is 13. The van der Waals surface area contributed by atoms with Crippen molar-refractivity contribution in [1.82, 2.24) is 4.90 Å². The smallest absolute Gasteiger partial charge is 0.309 e. The molecule has 0 spiro atoms. The van der Waals surface area contributed by atoms with Gasteiger partial charge in [-0.25, -0.2) is 0 Å². The standard InChI is InChI=1S/C22H37NO5S/c1-7-11-12-19(9-3)22(24)23(17(5)8-2)16-18-13-14-20(27-6)21(15-18)28-29(25,26)10-4/h13-15,17,19H,7-12,16H2,1-6H3/t17-,19+/m0/s1. The van der Waals surface area contributed by atoms with E-state index in [0.717, 1.165) is 37.7 Å². The fraction of sp³-hybridized carbons (Fsp3) is 0.682. The first kappa shape index (κ1) is 25.3. The van der Waals surface area contributed by atoms with Gasteiger partial charge in [-0.15, -0.1) is 0 Å². The molecule has 0 aliphatic heterocycles. The summed E-state index contributed by atoms with van der Waals surface area (Å²) in [5.41, 5.74) is 0.811. The first-order chi connectivity index (χ1) is 13.7. The predicted molar refractivity (Wildman–Crippen MR) is 117 cm³/mol. The first-order valence-electron chi connectivity index (χ1n) is 10.6. The quantitative estimate of drug-likeness (QED) is 0.424. The molecule has 1 aromatic carbocycles. The van der Waals surface area contributed by atoms with Crippen molar-refractivity contribution in [2.45, 2.75) is 79.3 Å². The van der Waals surface area contributed by atoms with Crippen molar-refractivity contribution >= 4 is 16.0 Å². The third-order valence-electron chi connectivity index (χ3n) is 5.31. The molecule has 29 heavy (non-hydrogen) atoms. The van der Waals surface area contributed by atoms with Crippen LogP contribution in [0.5, 0.6) is 11.5 Å². The zero-order valence-electron chi connectivity index (χ0n) is 18.7. The molecular weight excluding hydrogens is 390 g/mol. The van der Waals surface area contributed by atoms with Crippen LogP contribution in [-0.2, 0) is 21.5 Å². The summed E-state index contributed by atoms with van der Waals surface area (Å²) in [6.07, 6.45) is 4.66. The van der Waals surface area contributed by atoms with Crippen molar-refractivity contribution in [3.8, 4) is 11.5 Å². The van der Waals surface area contributed by atoms with Crippen molar-refractivity contribution in [3.05, 3.63) is 23.8 Å². The van der Waals surface area contributed by atoms with Crippen LogP contribution in [0.15, 0.2) is 18.2 Å². The number of ether oxygens (including phenoxy) is 1. The lowest BCUT2D eigenvalue weighted by Gasteiger charge is -2.32. The molecule has 0 bridgehead atoms. The summed E-state index contributed by atoms with van der Waals surface area (Å²) in [7, 11) is -2.21. The molecular formula is C22H37NO5S. The van der Waals surface area contributed by atoms with E-state index in [1.165, 1.54) is 14.0 Å². The molecule has 1 amide bonds. The second kappa shape index (κ2) is 12.1. The molecule has 0 fully saturated rings. The van der Waals surface area contributed by atoms with E-state index in [2.05, 4.69) is 20.8 Å². The van der Waals surface area contributed by atoms with Gasteiger partial charge >= 0.3 is 10.1 Å². The summed E-state index contributed by atoms with van der Waals surface area (Å²) in [5, 5.41) is 0. The Morgan fingerprint density at radius 2 is 1.79 bits per heavy atom. The monoisotopic (exact) mass is 427 g/mol. The van der Waals surface area contributed by atoms with Crippen LogP contribution < -0.4 is 8.92 Å². The highest BCUT2D eigenvalue weighted by Gasteiger charge is 2.26. The van der Waals surface area contributed by atoms with E-state index in [1.807, 2.05) is 17.9 Å². The fourth-order valence-corrected chi connectivity index (χ4v) is 3.66. The highest BCUT2D eigenvalue weighted by molar-refractivity contribution is 7.87. The van der Waals surface area contributed by atoms with Gasteiger partial charge in [0.25, 0.3) is 0 Å². The topological polar surface area (TPSA) is 72.9 Å². The van der Waals surface area contributed by atoms with Crippen molar-refractivity contribution in [3.63, 3.8) is 0 Å². The number of hydrogen-bond donors (Lipinski definition) is 0. The molecule has 0 aromatic heterocycles. The van der Waals surface area contributed by atoms with Gasteiger partial charge in [0, 0.05) is 18.5 Å². The molecule has 0 saturated carbocycles. The number of benzene rings is 1. The minimum absolute atomic E-state index is 0.0124. The summed E-state index contributed by atoms with van der Waals surface area (Å²) >= 11 is 0. The van der Waals surface area contributed by atoms with Crippen molar-refractivity contribution < 1.29 is 22.1 Å². The van der Waals surface area contributed by atoms with E-state index in [0.29, 0.717) is 12.3 Å². The van der Waals surface area contributed by atoms with Gasteiger partial charge in [0.05, 0.1) is 12.9 Å². The van der Waals surface area contributed by atoms with Crippen LogP contribution in [0.3, 0.4) is 0 Å². The van der Waals surface area contributed by atoms with Crippen LogP contribution >= 0.6 is 0 Å². The van der Waals surface area contributed by atoms with E-state index in [4.69, 9.17) is 8.92 Å². The maximum atomic E-state index is 13.2. The molecule has 0 aliphatic carbocycles. The minimum Gasteiger partial charge on any atom is -0.493 e. The van der Waals surface area contributed by atoms with Gasteiger partial charge < -0.3 is 13.8 Å². The summed E-state index contributed by atoms with van der Waals surface area (Å²) in [4.78, 5) is 15.1. The fourth-order valence-electron chi connectivity index (χ4n) is 3.14. The van der Waals surface area contributed by atoms with Crippen LogP contribution in [0.4, 0.5) is 0 Å². The molecule has 2 atom stereocenters. The lowest BCUT2D eigenvalue weighted by atomic mass is 9.96. The Kier molecular flexibility index (Phi) is 10.5. The Balaban J connectivity index is 3.17. The number of carbonyl (C=O) groups is 1. The highest BCUT2D eigenvalue weighted by Crippen LogP contribution is 2.31. The number of methoxy groups -OCH3 is 1. The lowest BCUT2D eigenvalue weighted by Crippen LogP contribution is -2.41. The highest BCUT2D eigenvalue weighted by atomic mass is 32.2. The number of amides is 1. The molecule has 0 unspecified atom stereocenters. The molecule has 0 N–H and O–H groups in total. The van der Waals surface area contributed by atoms with E-state index in [9.17, 15) is 13.2 Å². The van der Waals surface area contributed by atoms with Gasteiger partial charge in [-0.2, -0.15) is 8.42 Å². The summed E-state index contributed by atoms with van der Waals surface area (Å²) in [5.74, 6) is 0.546. The van der Waals surface area contributed by atoms with Gasteiger partial charge in [0.15, 0.2) is 11.5 Å². The normalized spacial score (nSPS) is 13.6. The number of nitrogens with zero attached hydrogens (tertiary/aromatic N) is 1. The summed E-state index contributed by atoms with van der Waals surface area (Å²) < 4.78 is 34.3. The van der Waals surface area contributed by atoms with Crippen LogP contribution in [-0.4, -0.2) is 38.1 Å². The zero-order valence-corrected chi connectivity index (χ0v) is 19.5. The Morgan fingerprint density at radius 3 is 2.31 bits per heavy atom. The second-order valence-corrected chi connectivity index (χ2v) is 9.25. The Labute approximate surface area is 176 Å². The van der Waals surface area contributed by atoms with Gasteiger partial charge in [-0.1, -0.05) is 39.7 Å². The SMILES string of the molecule is CCCC[C@@H](CC)C(=O)N(Cc1ccc(OC)c(OS(=O)(=O)CC)c1)[C@@H](C)CC. The van der Waals surface area contributed by atoms with Gasteiger partial charge in [-0.3, -0.25) is 4.79 Å². The van der Waals surface area contributed by atoms with E-state index in [1.54, 1.807) is 12.1 Å². The first-order valence-corrected chi connectivity index (χ1v) is 12.2. The largest absolute Gasteiger partial charge is 0.493 e. The third-order valence-corrected chi connectivity index (χ3v) is 6.45. The molecule has 1 rings (SSSR count). The van der Waals surface area contributed by atoms with Gasteiger partial charge in [0.2, 0.25) is 5.91 Å². The van der Waals surface area contributed by atoms with E-state index < -0.39 is 10.1 Å². The van der Waals surface area contributed by atoms with Crippen molar-refractivity contribution in [2.24, 2.45) is 5.92 Å². The van der Waals surface area contributed by atoms with Crippen molar-refractivity contribution in [2.75, 3.05) is 12.9 Å². The van der Waals surface area contributed by atoms with Crippen molar-refractivity contribution in [1.29, 1.82) is 0 Å². The Bertz CT molecular complexity index is 748. The molecule has 6 nitrogen and oxygen atoms in total.